The van der Waals surface area contributed by atoms with E-state index in [9.17, 15) is 19.1 Å². The highest BCUT2D eigenvalue weighted by Crippen LogP contribution is 2.33. The van der Waals surface area contributed by atoms with Crippen LogP contribution in [0.15, 0.2) is 6.33 Å². The summed E-state index contributed by atoms with van der Waals surface area (Å²) in [5, 5.41) is 10.2. The molecule has 12 heteroatoms. The number of aromatic nitrogens is 4. The van der Waals surface area contributed by atoms with E-state index in [4.69, 9.17) is 15.2 Å². The van der Waals surface area contributed by atoms with Crippen molar-refractivity contribution in [2.75, 3.05) is 12.3 Å². The molecule has 3 rings (SSSR count). The van der Waals surface area contributed by atoms with Gasteiger partial charge in [-0.15, -0.1) is 0 Å². The van der Waals surface area contributed by atoms with Crippen molar-refractivity contribution in [3.05, 3.63) is 12.4 Å². The Morgan fingerprint density at radius 3 is 2.92 bits per heavy atom. The van der Waals surface area contributed by atoms with Gasteiger partial charge in [0.05, 0.1) is 6.33 Å². The van der Waals surface area contributed by atoms with Crippen LogP contribution < -0.4 is 5.73 Å². The smallest absolute Gasteiger partial charge is 0.312 e. The standard InChI is InChI=1S/C12H12FN5O6/c13-12-16-9(14)6-10(17-12)18(2-15-6)11-8(23-4-20)7(21)5(24-11)1-22-3-19/h2-5,7-8,11,21H,1H2,(H2,14,16,17)/t5-,7-,8+,11-/m1/s1. The number of imidazole rings is 1. The first-order valence-corrected chi connectivity index (χ1v) is 6.70. The van der Waals surface area contributed by atoms with Crippen molar-refractivity contribution in [2.45, 2.75) is 24.5 Å². The number of nitrogen functional groups attached to an aromatic ring is 1. The summed E-state index contributed by atoms with van der Waals surface area (Å²) in [6.45, 7) is 0.0587. The molecule has 0 radical (unpaired) electrons. The molecular formula is C12H12FN5O6. The predicted molar refractivity (Wildman–Crippen MR) is 72.6 cm³/mol. The fourth-order valence-electron chi connectivity index (χ4n) is 2.52. The van der Waals surface area contributed by atoms with Crippen molar-refractivity contribution in [1.29, 1.82) is 0 Å². The van der Waals surface area contributed by atoms with Gasteiger partial charge in [0.25, 0.3) is 12.9 Å². The summed E-state index contributed by atoms with van der Waals surface area (Å²) in [7, 11) is 0. The topological polar surface area (TPSA) is 152 Å². The highest BCUT2D eigenvalue weighted by Gasteiger charge is 2.47. The number of hydrogen-bond donors (Lipinski definition) is 2. The first kappa shape index (κ1) is 16.0. The summed E-state index contributed by atoms with van der Waals surface area (Å²) in [5.41, 5.74) is 5.69. The lowest BCUT2D eigenvalue weighted by Crippen LogP contribution is -2.35. The van der Waals surface area contributed by atoms with Gasteiger partial charge in [-0.3, -0.25) is 14.2 Å². The number of nitrogens with zero attached hydrogens (tertiary/aromatic N) is 4. The van der Waals surface area contributed by atoms with E-state index in [0.717, 1.165) is 0 Å². The van der Waals surface area contributed by atoms with Gasteiger partial charge in [0.2, 0.25) is 0 Å². The first-order chi connectivity index (χ1) is 11.6. The van der Waals surface area contributed by atoms with Crippen LogP contribution in [0, 0.1) is 6.08 Å². The number of carbonyl (C=O) groups excluding carboxylic acids is 2. The Morgan fingerprint density at radius 2 is 2.21 bits per heavy atom. The zero-order valence-corrected chi connectivity index (χ0v) is 12.0. The monoisotopic (exact) mass is 341 g/mol. The van der Waals surface area contributed by atoms with Crippen molar-refractivity contribution < 1.29 is 33.3 Å². The van der Waals surface area contributed by atoms with E-state index in [0.29, 0.717) is 0 Å². The maximum atomic E-state index is 13.4. The van der Waals surface area contributed by atoms with Gasteiger partial charge in [0.1, 0.15) is 18.8 Å². The number of ether oxygens (including phenoxy) is 3. The molecule has 3 heterocycles. The van der Waals surface area contributed by atoms with E-state index in [1.54, 1.807) is 0 Å². The molecular weight excluding hydrogens is 329 g/mol. The van der Waals surface area contributed by atoms with Crippen molar-refractivity contribution in [3.63, 3.8) is 0 Å². The number of aliphatic hydroxyl groups is 1. The second kappa shape index (κ2) is 6.33. The molecule has 0 amide bonds. The summed E-state index contributed by atoms with van der Waals surface area (Å²) in [6.07, 6.45) is -4.33. The fraction of sp³-hybridized carbons (Fsp3) is 0.417. The van der Waals surface area contributed by atoms with Crippen LogP contribution in [0.4, 0.5) is 10.2 Å². The normalized spacial score (nSPS) is 26.4. The average molecular weight is 341 g/mol. The Hall–Kier alpha value is -2.86. The third-order valence-electron chi connectivity index (χ3n) is 3.55. The zero-order chi connectivity index (χ0) is 17.3. The van der Waals surface area contributed by atoms with Crippen LogP contribution >= 0.6 is 0 Å². The highest BCUT2D eigenvalue weighted by molar-refractivity contribution is 5.81. The number of nitrogens with two attached hydrogens (primary N) is 1. The van der Waals surface area contributed by atoms with Crippen molar-refractivity contribution >= 4 is 29.9 Å². The van der Waals surface area contributed by atoms with Gasteiger partial charge in [-0.2, -0.15) is 14.4 Å². The number of anilines is 1. The number of halogens is 1. The number of rotatable bonds is 6. The van der Waals surface area contributed by atoms with Gasteiger partial charge in [-0.25, -0.2) is 4.98 Å². The lowest BCUT2D eigenvalue weighted by atomic mass is 10.1. The number of fused-ring (bicyclic) bond motifs is 1. The Morgan fingerprint density at radius 1 is 1.42 bits per heavy atom. The van der Waals surface area contributed by atoms with E-state index in [-0.39, 0.29) is 36.5 Å². The van der Waals surface area contributed by atoms with Gasteiger partial charge < -0.3 is 25.1 Å². The average Bonchev–Trinajstić information content (AvgIpc) is 3.08. The molecule has 0 unspecified atom stereocenters. The van der Waals surface area contributed by atoms with Crippen LogP contribution in [0.1, 0.15) is 6.23 Å². The van der Waals surface area contributed by atoms with Gasteiger partial charge in [-0.1, -0.05) is 0 Å². The molecule has 1 aliphatic rings. The molecule has 24 heavy (non-hydrogen) atoms. The molecule has 0 saturated carbocycles. The molecule has 0 aliphatic carbocycles. The van der Waals surface area contributed by atoms with Gasteiger partial charge >= 0.3 is 6.08 Å². The third-order valence-corrected chi connectivity index (χ3v) is 3.55. The van der Waals surface area contributed by atoms with E-state index in [2.05, 4.69) is 19.7 Å². The van der Waals surface area contributed by atoms with Crippen molar-refractivity contribution in [2.24, 2.45) is 0 Å². The molecule has 0 bridgehead atoms. The second-order valence-electron chi connectivity index (χ2n) is 4.88. The molecule has 3 N–H and O–H groups in total. The lowest BCUT2D eigenvalue weighted by Gasteiger charge is -2.19. The maximum Gasteiger partial charge on any atom is 0.312 e. The molecule has 128 valence electrons. The Balaban J connectivity index is 2.00. The van der Waals surface area contributed by atoms with Gasteiger partial charge in [-0.05, 0) is 0 Å². The highest BCUT2D eigenvalue weighted by atomic mass is 19.1. The minimum atomic E-state index is -1.29. The summed E-state index contributed by atoms with van der Waals surface area (Å²) in [6, 6.07) is 0. The summed E-state index contributed by atoms with van der Waals surface area (Å²) in [5.74, 6) is -0.177. The zero-order valence-electron chi connectivity index (χ0n) is 12.0. The van der Waals surface area contributed by atoms with Crippen LogP contribution in [0.25, 0.3) is 11.2 Å². The van der Waals surface area contributed by atoms with Crippen LogP contribution in [0.5, 0.6) is 0 Å². The largest absolute Gasteiger partial charge is 0.465 e. The second-order valence-corrected chi connectivity index (χ2v) is 4.88. The minimum Gasteiger partial charge on any atom is -0.465 e. The SMILES string of the molecule is Nc1nc(F)nc2c1ncn2[C@@H]1O[C@H](COC=O)[C@@H](O)[C@@H]1OC=O. The summed E-state index contributed by atoms with van der Waals surface area (Å²) in [4.78, 5) is 31.9. The van der Waals surface area contributed by atoms with E-state index >= 15 is 0 Å². The molecule has 0 aromatic carbocycles. The minimum absolute atomic E-state index is 0.00588. The summed E-state index contributed by atoms with van der Waals surface area (Å²) >= 11 is 0. The first-order valence-electron chi connectivity index (χ1n) is 6.70. The molecule has 1 fully saturated rings. The number of aliphatic hydroxyl groups excluding tert-OH is 1. The van der Waals surface area contributed by atoms with Crippen LogP contribution in [-0.2, 0) is 23.8 Å². The quantitative estimate of drug-likeness (QED) is 0.470. The Labute approximate surface area is 133 Å². The molecule has 2 aromatic heterocycles. The van der Waals surface area contributed by atoms with Crippen molar-refractivity contribution in [3.8, 4) is 0 Å². The van der Waals surface area contributed by atoms with Gasteiger partial charge in [0.15, 0.2) is 29.3 Å². The molecule has 2 aromatic rings. The molecule has 0 spiro atoms. The summed E-state index contributed by atoms with van der Waals surface area (Å²) < 4.78 is 29.6. The van der Waals surface area contributed by atoms with Gasteiger partial charge in [0, 0.05) is 0 Å². The van der Waals surface area contributed by atoms with E-state index in [1.807, 2.05) is 0 Å². The van der Waals surface area contributed by atoms with E-state index < -0.39 is 30.6 Å². The molecule has 11 nitrogen and oxygen atoms in total. The fourth-order valence-corrected chi connectivity index (χ4v) is 2.52. The predicted octanol–water partition coefficient (Wildman–Crippen LogP) is -1.48. The van der Waals surface area contributed by atoms with Crippen LogP contribution in [0.3, 0.4) is 0 Å². The van der Waals surface area contributed by atoms with E-state index in [1.165, 1.54) is 10.9 Å². The Bertz CT molecular complexity index is 770. The molecule has 4 atom stereocenters. The number of carbonyl (C=O) groups is 2. The van der Waals surface area contributed by atoms with Crippen LogP contribution in [-0.4, -0.2) is 62.5 Å². The maximum absolute atomic E-state index is 13.4. The molecule has 1 aliphatic heterocycles. The van der Waals surface area contributed by atoms with Crippen molar-refractivity contribution in [1.82, 2.24) is 19.5 Å². The number of hydrogen-bond acceptors (Lipinski definition) is 10. The Kier molecular flexibility index (Phi) is 4.22. The lowest BCUT2D eigenvalue weighted by molar-refractivity contribution is -0.142. The third kappa shape index (κ3) is 2.61. The molecule has 1 saturated heterocycles. The van der Waals surface area contributed by atoms with Crippen LogP contribution in [0.2, 0.25) is 0 Å².